The van der Waals surface area contributed by atoms with Gasteiger partial charge in [-0.2, -0.15) is 0 Å². The van der Waals surface area contributed by atoms with Crippen LogP contribution in [0.2, 0.25) is 0 Å². The summed E-state index contributed by atoms with van der Waals surface area (Å²) in [6, 6.07) is 14.3. The molecule has 0 saturated heterocycles. The molecule has 0 saturated carbocycles. The largest absolute Gasteiger partial charge is 0.456 e. The van der Waals surface area contributed by atoms with Crippen molar-refractivity contribution in [1.29, 1.82) is 5.41 Å². The molecule has 6 heteroatoms. The van der Waals surface area contributed by atoms with Crippen LogP contribution in [-0.4, -0.2) is 15.8 Å². The average molecular weight is 382 g/mol. The zero-order chi connectivity index (χ0) is 20.0. The second-order valence-corrected chi connectivity index (χ2v) is 7.10. The fourth-order valence-corrected chi connectivity index (χ4v) is 3.62. The van der Waals surface area contributed by atoms with Crippen LogP contribution in [0.15, 0.2) is 76.0 Å². The van der Waals surface area contributed by atoms with Gasteiger partial charge in [-0.3, -0.25) is 10.2 Å². The molecule has 0 aliphatic heterocycles. The van der Waals surface area contributed by atoms with Crippen molar-refractivity contribution in [1.82, 2.24) is 9.97 Å². The first-order valence-electron chi connectivity index (χ1n) is 9.34. The van der Waals surface area contributed by atoms with Crippen molar-refractivity contribution in [3.05, 3.63) is 94.1 Å². The molecule has 2 aromatic carbocycles. The van der Waals surface area contributed by atoms with Crippen LogP contribution in [0, 0.1) is 5.41 Å². The fraction of sp³-hybridized carbons (Fsp3) is 0.0870. The number of rotatable bonds is 3. The normalized spacial score (nSPS) is 16.3. The number of nitrogens with zero attached hydrogens (tertiary/aromatic N) is 1. The predicted octanol–water partition coefficient (Wildman–Crippen LogP) is 4.08. The van der Waals surface area contributed by atoms with Gasteiger partial charge in [-0.25, -0.2) is 4.98 Å². The highest BCUT2D eigenvalue weighted by Gasteiger charge is 2.17. The van der Waals surface area contributed by atoms with Gasteiger partial charge in [0.25, 0.3) is 0 Å². The lowest BCUT2D eigenvalue weighted by Crippen LogP contribution is -2.10. The summed E-state index contributed by atoms with van der Waals surface area (Å²) >= 11 is 0. The van der Waals surface area contributed by atoms with Crippen LogP contribution in [0.1, 0.15) is 29.5 Å². The van der Waals surface area contributed by atoms with Gasteiger partial charge in [-0.1, -0.05) is 30.4 Å². The van der Waals surface area contributed by atoms with E-state index in [1.807, 2.05) is 30.3 Å². The van der Waals surface area contributed by atoms with E-state index in [4.69, 9.17) is 15.6 Å². The number of H-pyrrole nitrogens is 1. The maximum Gasteiger partial charge on any atom is 0.193 e. The Labute approximate surface area is 165 Å². The monoisotopic (exact) mass is 382 g/mol. The highest BCUT2D eigenvalue weighted by Crippen LogP contribution is 2.31. The Kier molecular flexibility index (Phi) is 3.91. The van der Waals surface area contributed by atoms with E-state index in [1.54, 1.807) is 24.3 Å². The average Bonchev–Trinajstić information content (AvgIpc) is 3.17. The zero-order valence-electron chi connectivity index (χ0n) is 15.5. The van der Waals surface area contributed by atoms with Crippen molar-refractivity contribution < 1.29 is 4.42 Å². The van der Waals surface area contributed by atoms with Gasteiger partial charge >= 0.3 is 0 Å². The quantitative estimate of drug-likeness (QED) is 0.366. The highest BCUT2D eigenvalue weighted by molar-refractivity contribution is 5.98. The molecule has 142 valence electrons. The standard InChI is InChI=1S/C23H18N4O2/c24-22(25)15-9-10-17-18(11-15)27-23(26-17)14-7-5-13(6-8-14)21-12-19(28)16-3-1-2-4-20(16)29-21/h1-7,9-12,14H,8H2,(H3,24,25)(H,26,27). The topological polar surface area (TPSA) is 109 Å². The summed E-state index contributed by atoms with van der Waals surface area (Å²) in [5.41, 5.74) is 9.37. The lowest BCUT2D eigenvalue weighted by atomic mass is 9.95. The molecule has 29 heavy (non-hydrogen) atoms. The molecule has 2 heterocycles. The fourth-order valence-electron chi connectivity index (χ4n) is 3.62. The molecule has 0 spiro atoms. The number of para-hydroxylation sites is 1. The van der Waals surface area contributed by atoms with Crippen molar-refractivity contribution in [2.75, 3.05) is 0 Å². The number of aromatic amines is 1. The number of amidine groups is 1. The third kappa shape index (κ3) is 3.04. The van der Waals surface area contributed by atoms with Gasteiger partial charge in [-0.05, 0) is 36.8 Å². The summed E-state index contributed by atoms with van der Waals surface area (Å²) in [4.78, 5) is 20.4. The van der Waals surface area contributed by atoms with Crippen LogP contribution >= 0.6 is 0 Å². The summed E-state index contributed by atoms with van der Waals surface area (Å²) in [5.74, 6) is 1.55. The molecule has 5 rings (SSSR count). The second kappa shape index (κ2) is 6.60. The summed E-state index contributed by atoms with van der Waals surface area (Å²) in [5, 5.41) is 8.16. The first-order chi connectivity index (χ1) is 14.1. The predicted molar refractivity (Wildman–Crippen MR) is 114 cm³/mol. The van der Waals surface area contributed by atoms with Gasteiger partial charge in [0.2, 0.25) is 0 Å². The number of hydrogen-bond donors (Lipinski definition) is 3. The Morgan fingerprint density at radius 1 is 1.21 bits per heavy atom. The van der Waals surface area contributed by atoms with Crippen LogP contribution < -0.4 is 11.2 Å². The summed E-state index contributed by atoms with van der Waals surface area (Å²) in [6.45, 7) is 0. The van der Waals surface area contributed by atoms with E-state index < -0.39 is 0 Å². The van der Waals surface area contributed by atoms with Crippen LogP contribution in [0.3, 0.4) is 0 Å². The maximum absolute atomic E-state index is 12.4. The Morgan fingerprint density at radius 3 is 2.86 bits per heavy atom. The van der Waals surface area contributed by atoms with E-state index in [0.717, 1.165) is 28.9 Å². The summed E-state index contributed by atoms with van der Waals surface area (Å²) in [6.07, 6.45) is 6.83. The zero-order valence-corrected chi connectivity index (χ0v) is 15.5. The van der Waals surface area contributed by atoms with Crippen molar-refractivity contribution in [3.8, 4) is 0 Å². The molecule has 6 nitrogen and oxygen atoms in total. The number of benzene rings is 2. The molecular formula is C23H18N4O2. The minimum absolute atomic E-state index is 0.0325. The smallest absolute Gasteiger partial charge is 0.193 e. The third-order valence-corrected chi connectivity index (χ3v) is 5.18. The SMILES string of the molecule is N=C(N)c1ccc2nc(C3C=CC(c4cc(=O)c5ccccc5o4)=CC3)[nH]c2c1. The number of nitrogens with one attached hydrogen (secondary N) is 2. The summed E-state index contributed by atoms with van der Waals surface area (Å²) in [7, 11) is 0. The van der Waals surface area contributed by atoms with Gasteiger partial charge in [0.15, 0.2) is 5.43 Å². The van der Waals surface area contributed by atoms with Gasteiger partial charge in [0, 0.05) is 23.1 Å². The maximum atomic E-state index is 12.4. The van der Waals surface area contributed by atoms with E-state index in [0.29, 0.717) is 22.3 Å². The van der Waals surface area contributed by atoms with Crippen molar-refractivity contribution in [2.24, 2.45) is 5.73 Å². The lowest BCUT2D eigenvalue weighted by molar-refractivity contribution is 0.586. The second-order valence-electron chi connectivity index (χ2n) is 7.10. The van der Waals surface area contributed by atoms with Crippen molar-refractivity contribution in [3.63, 3.8) is 0 Å². The van der Waals surface area contributed by atoms with Gasteiger partial charge < -0.3 is 15.1 Å². The molecule has 4 aromatic rings. The number of imidazole rings is 1. The minimum atomic E-state index is -0.0446. The van der Waals surface area contributed by atoms with Crippen molar-refractivity contribution in [2.45, 2.75) is 12.3 Å². The summed E-state index contributed by atoms with van der Waals surface area (Å²) < 4.78 is 5.93. The van der Waals surface area contributed by atoms with Crippen LogP contribution in [0.5, 0.6) is 0 Å². The number of fused-ring (bicyclic) bond motifs is 2. The van der Waals surface area contributed by atoms with E-state index in [1.165, 1.54) is 0 Å². The van der Waals surface area contributed by atoms with Crippen LogP contribution in [-0.2, 0) is 0 Å². The van der Waals surface area contributed by atoms with Crippen LogP contribution in [0.4, 0.5) is 0 Å². The van der Waals surface area contributed by atoms with Crippen molar-refractivity contribution >= 4 is 33.4 Å². The molecule has 0 radical (unpaired) electrons. The molecule has 0 bridgehead atoms. The molecule has 0 fully saturated rings. The molecule has 1 aliphatic carbocycles. The molecule has 2 aromatic heterocycles. The van der Waals surface area contributed by atoms with Crippen LogP contribution in [0.25, 0.3) is 27.6 Å². The molecular weight excluding hydrogens is 364 g/mol. The van der Waals surface area contributed by atoms with Gasteiger partial charge in [0.05, 0.1) is 16.4 Å². The van der Waals surface area contributed by atoms with E-state index in [-0.39, 0.29) is 17.2 Å². The van der Waals surface area contributed by atoms with Gasteiger partial charge in [-0.15, -0.1) is 0 Å². The molecule has 1 atom stereocenters. The molecule has 0 amide bonds. The number of allylic oxidation sites excluding steroid dienone is 4. The Bertz CT molecular complexity index is 1390. The first kappa shape index (κ1) is 17.2. The minimum Gasteiger partial charge on any atom is -0.456 e. The molecule has 1 aliphatic rings. The van der Waals surface area contributed by atoms with E-state index >= 15 is 0 Å². The van der Waals surface area contributed by atoms with E-state index in [2.05, 4.69) is 22.1 Å². The highest BCUT2D eigenvalue weighted by atomic mass is 16.3. The Balaban J connectivity index is 1.44. The number of hydrogen-bond acceptors (Lipinski definition) is 4. The molecule has 4 N–H and O–H groups in total. The molecule has 1 unspecified atom stereocenters. The number of nitrogen functional groups attached to an aromatic ring is 1. The van der Waals surface area contributed by atoms with Gasteiger partial charge in [0.1, 0.15) is 23.0 Å². The Morgan fingerprint density at radius 2 is 2.07 bits per heavy atom. The number of nitrogens with two attached hydrogens (primary N) is 1. The first-order valence-corrected chi connectivity index (χ1v) is 9.34. The van der Waals surface area contributed by atoms with E-state index in [9.17, 15) is 4.79 Å². The lowest BCUT2D eigenvalue weighted by Gasteiger charge is -2.14. The third-order valence-electron chi connectivity index (χ3n) is 5.18. The Hall–Kier alpha value is -3.93. The number of aromatic nitrogens is 2.